The number of nitrogens with two attached hydrogens (primary N) is 2. The van der Waals surface area contributed by atoms with Crippen molar-refractivity contribution in [2.75, 3.05) is 45.0 Å². The highest BCUT2D eigenvalue weighted by Crippen LogP contribution is 2.23. The Hall–Kier alpha value is -9.89. The van der Waals surface area contributed by atoms with Crippen molar-refractivity contribution in [1.82, 2.24) is 43.0 Å². The Morgan fingerprint density at radius 3 is 0.833 bits per heavy atom. The molecule has 0 saturated carbocycles. The normalized spacial score (nSPS) is 10.5. The first kappa shape index (κ1) is 59.0. The van der Waals surface area contributed by atoms with Crippen molar-refractivity contribution in [1.29, 1.82) is 10.8 Å². The summed E-state index contributed by atoms with van der Waals surface area (Å²) >= 11 is 0. The smallest absolute Gasteiger partial charge is 0.272 e. The van der Waals surface area contributed by atoms with E-state index in [0.717, 1.165) is 0 Å². The van der Waals surface area contributed by atoms with Gasteiger partial charge in [0.2, 0.25) is 0 Å². The van der Waals surface area contributed by atoms with Crippen molar-refractivity contribution in [2.45, 2.75) is 12.8 Å². The third kappa shape index (κ3) is 14.3. The van der Waals surface area contributed by atoms with Crippen LogP contribution in [0, 0.1) is 10.8 Å². The van der Waals surface area contributed by atoms with Crippen LogP contribution in [0.2, 0.25) is 0 Å². The molecule has 410 valence electrons. The maximum atomic E-state index is 13.4. The van der Waals surface area contributed by atoms with Crippen molar-refractivity contribution in [3.63, 3.8) is 0 Å². The van der Waals surface area contributed by atoms with Crippen LogP contribution in [0.4, 0.5) is 34.1 Å². The van der Waals surface area contributed by atoms with E-state index in [1.54, 1.807) is 76.2 Å². The van der Waals surface area contributed by atoms with Gasteiger partial charge in [-0.15, -0.1) is 24.8 Å². The van der Waals surface area contributed by atoms with Crippen molar-refractivity contribution >= 4 is 118 Å². The molecule has 0 aliphatic heterocycles. The number of carbonyl (C=O) groups excluding carboxylic acids is 8. The third-order valence-electron chi connectivity index (χ3n) is 11.6. The lowest BCUT2D eigenvalue weighted by Gasteiger charge is -2.06. The second kappa shape index (κ2) is 25.1. The van der Waals surface area contributed by atoms with Crippen LogP contribution in [-0.2, 0) is 42.3 Å². The molecule has 0 aliphatic carbocycles. The molecule has 7 heterocycles. The number of carbonyl (C=O) groups is 8. The first-order chi connectivity index (χ1) is 36.0. The van der Waals surface area contributed by atoms with Crippen LogP contribution in [0.3, 0.4) is 0 Å². The number of rotatable bonds is 20. The number of aryl methyl sites for hydroxylation is 6. The maximum absolute atomic E-state index is 13.4. The zero-order chi connectivity index (χ0) is 55.1. The van der Waals surface area contributed by atoms with E-state index in [-0.39, 0.29) is 119 Å². The number of aromatic nitrogens is 7. The van der Waals surface area contributed by atoms with E-state index in [9.17, 15) is 38.4 Å². The number of hydrogen-bond donors (Lipinski definition) is 12. The number of nitrogens with one attached hydrogen (secondary N) is 10. The topological polar surface area (TPSA) is 375 Å². The third-order valence-corrected chi connectivity index (χ3v) is 11.6. The minimum Gasteiger partial charge on any atom is -0.388 e. The zero-order valence-corrected chi connectivity index (χ0v) is 44.5. The number of amides is 8. The first-order valence-electron chi connectivity index (χ1n) is 23.1. The van der Waals surface area contributed by atoms with Gasteiger partial charge in [0.25, 0.3) is 47.3 Å². The van der Waals surface area contributed by atoms with Crippen molar-refractivity contribution < 1.29 is 38.4 Å². The van der Waals surface area contributed by atoms with E-state index in [4.69, 9.17) is 22.3 Å². The summed E-state index contributed by atoms with van der Waals surface area (Å²) in [5, 5.41) is 36.4. The molecule has 0 radical (unpaired) electrons. The van der Waals surface area contributed by atoms with E-state index in [1.807, 2.05) is 0 Å². The van der Waals surface area contributed by atoms with Gasteiger partial charge in [0.05, 0.1) is 56.9 Å². The molecule has 0 unspecified atom stereocenters. The van der Waals surface area contributed by atoms with Crippen LogP contribution in [-0.4, -0.2) is 104 Å². The number of nitrogens with zero attached hydrogens (tertiary/aromatic N) is 7. The molecule has 0 saturated heterocycles. The van der Waals surface area contributed by atoms with E-state index in [2.05, 4.69) is 47.5 Å². The molecule has 0 atom stereocenters. The predicted molar refractivity (Wildman–Crippen MR) is 297 cm³/mol. The molecule has 0 aromatic carbocycles. The Labute approximate surface area is 457 Å². The molecule has 8 amide bonds. The average molecular weight is 1110 g/mol. The molecule has 7 aromatic rings. The maximum Gasteiger partial charge on any atom is 0.272 e. The number of pyridine rings is 1. The molecule has 0 bridgehead atoms. The largest absolute Gasteiger partial charge is 0.388 e. The summed E-state index contributed by atoms with van der Waals surface area (Å²) in [5.74, 6) is -4.29. The molecule has 14 N–H and O–H groups in total. The Kier molecular flexibility index (Phi) is 19.0. The zero-order valence-electron chi connectivity index (χ0n) is 42.9. The van der Waals surface area contributed by atoms with E-state index in [0.29, 0.717) is 22.7 Å². The van der Waals surface area contributed by atoms with Crippen LogP contribution in [0.1, 0.15) is 96.5 Å². The molecule has 27 nitrogen and oxygen atoms in total. The van der Waals surface area contributed by atoms with Gasteiger partial charge in [0.15, 0.2) is 0 Å². The van der Waals surface area contributed by atoms with E-state index < -0.39 is 47.3 Å². The molecule has 0 spiro atoms. The second-order valence-corrected chi connectivity index (χ2v) is 17.6. The highest BCUT2D eigenvalue weighted by Gasteiger charge is 2.22. The Bertz CT molecular complexity index is 3280. The van der Waals surface area contributed by atoms with E-state index >= 15 is 0 Å². The number of amidine groups is 2. The van der Waals surface area contributed by atoms with Gasteiger partial charge in [-0.05, 0) is 42.5 Å². The molecule has 0 fully saturated rings. The lowest BCUT2D eigenvalue weighted by Crippen LogP contribution is -2.28. The quantitative estimate of drug-likeness (QED) is 0.0387. The van der Waals surface area contributed by atoms with E-state index in [1.165, 1.54) is 85.5 Å². The monoisotopic (exact) mass is 1110 g/mol. The fourth-order valence-corrected chi connectivity index (χ4v) is 7.83. The standard InChI is InChI=1S/C49H55N19O8.2ClH/c1-63-22-30(12-34(63)44(71)55-9-7-40(50)51)59-48(75)38-16-32(24-67(38)5)61-46(73)36-14-28(20-65(36)3)57-42(69)26-11-27(19-54-18-26)43(70)58-29-15-37(66(4)21-29)47(74)62-33-17-39(68(6)25-33)49(76)60-31-13-35(64(2)23-31)45(72)56-10-8-41(52)53;;/h11-25H,7-10H2,1-6H3,(H3,50,51)(H3,52,53)(H,55,71)(H,56,72)(H,57,69)(H,58,70)(H,59,75)(H,60,76)(H,61,73)(H,62,74);2*1H. The van der Waals surface area contributed by atoms with Crippen molar-refractivity contribution in [2.24, 2.45) is 53.8 Å². The second-order valence-electron chi connectivity index (χ2n) is 17.6. The summed E-state index contributed by atoms with van der Waals surface area (Å²) in [6, 6.07) is 10.2. The minimum absolute atomic E-state index is 0. The fraction of sp³-hybridized carbons (Fsp3) is 0.204. The van der Waals surface area contributed by atoms with Crippen LogP contribution >= 0.6 is 24.8 Å². The summed E-state index contributed by atoms with van der Waals surface area (Å²) in [6.07, 6.45) is 12.2. The highest BCUT2D eigenvalue weighted by molar-refractivity contribution is 6.12. The highest BCUT2D eigenvalue weighted by atomic mass is 35.5. The Morgan fingerprint density at radius 1 is 0.385 bits per heavy atom. The Morgan fingerprint density at radius 2 is 0.603 bits per heavy atom. The first-order valence-corrected chi connectivity index (χ1v) is 23.1. The van der Waals surface area contributed by atoms with Gasteiger partial charge >= 0.3 is 0 Å². The molecular formula is C49H57Cl2N19O8. The molecule has 7 aromatic heterocycles. The molecular weight excluding hydrogens is 1050 g/mol. The lowest BCUT2D eigenvalue weighted by atomic mass is 10.2. The summed E-state index contributed by atoms with van der Waals surface area (Å²) in [7, 11) is 9.74. The molecule has 29 heteroatoms. The molecule has 0 aliphatic rings. The minimum atomic E-state index is -0.630. The molecule has 78 heavy (non-hydrogen) atoms. The van der Waals surface area contributed by atoms with Crippen LogP contribution in [0.5, 0.6) is 0 Å². The summed E-state index contributed by atoms with van der Waals surface area (Å²) < 4.78 is 9.10. The van der Waals surface area contributed by atoms with Crippen LogP contribution < -0.4 is 54.0 Å². The van der Waals surface area contributed by atoms with Gasteiger partial charge in [-0.25, -0.2) is 0 Å². The number of anilines is 6. The lowest BCUT2D eigenvalue weighted by molar-refractivity contribution is 0.0938. The summed E-state index contributed by atoms with van der Waals surface area (Å²) in [5.41, 5.74) is 13.9. The Balaban J connectivity index is 0.00000560. The van der Waals surface area contributed by atoms with Crippen molar-refractivity contribution in [3.05, 3.63) is 137 Å². The average Bonchev–Trinajstić information content (AvgIpc) is 4.22. The van der Waals surface area contributed by atoms with Gasteiger partial charge in [0, 0.05) is 118 Å². The van der Waals surface area contributed by atoms with Gasteiger partial charge in [-0.3, -0.25) is 54.2 Å². The van der Waals surface area contributed by atoms with Crippen LogP contribution in [0.15, 0.2) is 92.0 Å². The fourth-order valence-electron chi connectivity index (χ4n) is 7.83. The number of hydrogen-bond acceptors (Lipinski definition) is 11. The predicted octanol–water partition coefficient (Wildman–Crippen LogP) is 3.58. The molecule has 7 rings (SSSR count). The summed E-state index contributed by atoms with van der Waals surface area (Å²) in [4.78, 5) is 109. The van der Waals surface area contributed by atoms with Crippen molar-refractivity contribution in [3.8, 4) is 0 Å². The van der Waals surface area contributed by atoms with Gasteiger partial charge in [0.1, 0.15) is 34.2 Å². The summed E-state index contributed by atoms with van der Waals surface area (Å²) in [6.45, 7) is 0.365. The van der Waals surface area contributed by atoms with Crippen LogP contribution in [0.25, 0.3) is 0 Å². The van der Waals surface area contributed by atoms with Gasteiger partial charge < -0.3 is 81.4 Å². The number of halogens is 2. The van der Waals surface area contributed by atoms with Gasteiger partial charge in [-0.2, -0.15) is 0 Å². The van der Waals surface area contributed by atoms with Gasteiger partial charge in [-0.1, -0.05) is 0 Å². The SMILES string of the molecule is Cl.Cl.Cn1cc(NC(=O)c2cc(NC(=O)c3cc(NC(=O)c4cncc(C(=O)Nc5cc(C(=O)Nc6cc(C(=O)Nc7cc(C(=O)NCCC(=N)N)n(C)c7)n(C)c6)n(C)c5)c4)cn3C)cn2C)cc1C(=O)NCCC(=N)N.